The van der Waals surface area contributed by atoms with Crippen LogP contribution in [0, 0.1) is 6.92 Å². The van der Waals surface area contributed by atoms with Crippen LogP contribution in [-0.4, -0.2) is 23.7 Å². The van der Waals surface area contributed by atoms with Crippen LogP contribution in [0.3, 0.4) is 0 Å². The average Bonchev–Trinajstić information content (AvgIpc) is 3.01. The number of hydrogen-bond donors (Lipinski definition) is 1. The molecule has 94 valence electrons. The summed E-state index contributed by atoms with van der Waals surface area (Å²) in [5.74, 6) is 0.313. The van der Waals surface area contributed by atoms with Crippen molar-refractivity contribution >= 4 is 11.5 Å². The van der Waals surface area contributed by atoms with Crippen LogP contribution < -0.4 is 10.6 Å². The molecule has 1 aliphatic carbocycles. The number of rotatable bonds is 3. The first-order valence-electron chi connectivity index (χ1n) is 5.42. The molecule has 6 heteroatoms. The van der Waals surface area contributed by atoms with Crippen LogP contribution in [0.15, 0.2) is 12.3 Å². The molecule has 0 amide bonds. The van der Waals surface area contributed by atoms with Crippen molar-refractivity contribution in [3.8, 4) is 0 Å². The second-order valence-corrected chi connectivity index (χ2v) is 4.37. The van der Waals surface area contributed by atoms with Gasteiger partial charge in [-0.15, -0.1) is 0 Å². The molecule has 1 heterocycles. The molecule has 2 rings (SSSR count). The van der Waals surface area contributed by atoms with Crippen molar-refractivity contribution in [1.29, 1.82) is 0 Å². The van der Waals surface area contributed by atoms with E-state index >= 15 is 0 Å². The molecule has 0 bridgehead atoms. The van der Waals surface area contributed by atoms with Crippen LogP contribution >= 0.6 is 0 Å². The monoisotopic (exact) mass is 245 g/mol. The quantitative estimate of drug-likeness (QED) is 0.889. The lowest BCUT2D eigenvalue weighted by molar-refractivity contribution is -0.120. The second kappa shape index (κ2) is 4.09. The largest absolute Gasteiger partial charge is 0.405 e. The SMILES string of the molecule is Cc1cnc(N(CC(F)(F)F)C2CC2)cc1N. The van der Waals surface area contributed by atoms with Gasteiger partial charge in [0, 0.05) is 24.0 Å². The van der Waals surface area contributed by atoms with Crippen LogP contribution in [-0.2, 0) is 0 Å². The highest BCUT2D eigenvalue weighted by atomic mass is 19.4. The molecule has 0 radical (unpaired) electrons. The van der Waals surface area contributed by atoms with Crippen LogP contribution in [0.4, 0.5) is 24.7 Å². The first-order chi connectivity index (χ1) is 7.87. The second-order valence-electron chi connectivity index (χ2n) is 4.37. The third-order valence-electron chi connectivity index (χ3n) is 2.76. The number of nitrogen functional groups attached to an aromatic ring is 1. The molecule has 17 heavy (non-hydrogen) atoms. The number of aryl methyl sites for hydroxylation is 1. The Morgan fingerprint density at radius 2 is 2.12 bits per heavy atom. The number of anilines is 2. The Morgan fingerprint density at radius 3 is 2.59 bits per heavy atom. The summed E-state index contributed by atoms with van der Waals surface area (Å²) in [4.78, 5) is 5.32. The lowest BCUT2D eigenvalue weighted by Crippen LogP contribution is -2.36. The molecule has 0 aromatic carbocycles. The standard InChI is InChI=1S/C11H14F3N3/c1-7-5-16-10(4-9(7)15)17(8-2-3-8)6-11(12,13)14/h4-5,8H,2-3,6H2,1H3,(H2,15,16). The van der Waals surface area contributed by atoms with Crippen molar-refractivity contribution in [2.45, 2.75) is 32.0 Å². The number of halogens is 3. The fourth-order valence-electron chi connectivity index (χ4n) is 1.66. The van der Waals surface area contributed by atoms with E-state index in [1.165, 1.54) is 17.2 Å². The van der Waals surface area contributed by atoms with Gasteiger partial charge in [-0.05, 0) is 25.3 Å². The summed E-state index contributed by atoms with van der Waals surface area (Å²) in [5, 5.41) is 0. The highest BCUT2D eigenvalue weighted by Crippen LogP contribution is 2.34. The van der Waals surface area contributed by atoms with Crippen molar-refractivity contribution in [3.05, 3.63) is 17.8 Å². The molecule has 1 aliphatic rings. The summed E-state index contributed by atoms with van der Waals surface area (Å²) < 4.78 is 37.4. The smallest absolute Gasteiger partial charge is 0.398 e. The topological polar surface area (TPSA) is 42.2 Å². The number of alkyl halides is 3. The van der Waals surface area contributed by atoms with Gasteiger partial charge in [-0.25, -0.2) is 4.98 Å². The van der Waals surface area contributed by atoms with Gasteiger partial charge in [0.1, 0.15) is 12.4 Å². The summed E-state index contributed by atoms with van der Waals surface area (Å²) in [7, 11) is 0. The average molecular weight is 245 g/mol. The lowest BCUT2D eigenvalue weighted by Gasteiger charge is -2.25. The molecule has 1 aromatic heterocycles. The van der Waals surface area contributed by atoms with Gasteiger partial charge in [0.25, 0.3) is 0 Å². The predicted octanol–water partition coefficient (Wildman–Crippen LogP) is 2.50. The van der Waals surface area contributed by atoms with E-state index in [-0.39, 0.29) is 6.04 Å². The number of pyridine rings is 1. The Labute approximate surface area is 97.4 Å². The molecule has 0 unspecified atom stereocenters. The van der Waals surface area contributed by atoms with Crippen molar-refractivity contribution in [1.82, 2.24) is 4.98 Å². The zero-order chi connectivity index (χ0) is 12.6. The van der Waals surface area contributed by atoms with Gasteiger partial charge >= 0.3 is 6.18 Å². The summed E-state index contributed by atoms with van der Waals surface area (Å²) in [5.41, 5.74) is 6.94. The van der Waals surface area contributed by atoms with E-state index in [1.54, 1.807) is 6.92 Å². The van der Waals surface area contributed by atoms with Gasteiger partial charge in [-0.3, -0.25) is 0 Å². The Kier molecular flexibility index (Phi) is 2.89. The molecule has 1 saturated carbocycles. The maximum absolute atomic E-state index is 12.5. The minimum absolute atomic E-state index is 0.0498. The first kappa shape index (κ1) is 12.0. The van der Waals surface area contributed by atoms with E-state index in [2.05, 4.69) is 4.98 Å². The van der Waals surface area contributed by atoms with E-state index in [0.29, 0.717) is 11.5 Å². The molecule has 0 atom stereocenters. The normalized spacial score (nSPS) is 16.0. The zero-order valence-electron chi connectivity index (χ0n) is 9.46. The van der Waals surface area contributed by atoms with Gasteiger partial charge in [0.15, 0.2) is 0 Å². The van der Waals surface area contributed by atoms with Gasteiger partial charge in [0.05, 0.1) is 0 Å². The summed E-state index contributed by atoms with van der Waals surface area (Å²) >= 11 is 0. The number of aromatic nitrogens is 1. The molecule has 0 aliphatic heterocycles. The molecular formula is C11H14F3N3. The highest BCUT2D eigenvalue weighted by Gasteiger charge is 2.38. The van der Waals surface area contributed by atoms with Crippen LogP contribution in [0.5, 0.6) is 0 Å². The van der Waals surface area contributed by atoms with E-state index in [4.69, 9.17) is 5.73 Å². The summed E-state index contributed by atoms with van der Waals surface area (Å²) in [6, 6.07) is 1.46. The van der Waals surface area contributed by atoms with Crippen LogP contribution in [0.1, 0.15) is 18.4 Å². The van der Waals surface area contributed by atoms with E-state index in [0.717, 1.165) is 18.4 Å². The fourth-order valence-corrected chi connectivity index (χ4v) is 1.66. The highest BCUT2D eigenvalue weighted by molar-refractivity contribution is 5.55. The molecular weight excluding hydrogens is 231 g/mol. The van der Waals surface area contributed by atoms with Crippen molar-refractivity contribution in [2.24, 2.45) is 0 Å². The van der Waals surface area contributed by atoms with E-state index in [9.17, 15) is 13.2 Å². The Balaban J connectivity index is 2.23. The van der Waals surface area contributed by atoms with Gasteiger partial charge in [-0.2, -0.15) is 13.2 Å². The molecule has 0 saturated heterocycles. The summed E-state index contributed by atoms with van der Waals surface area (Å²) in [6.07, 6.45) is -1.14. The third-order valence-corrected chi connectivity index (χ3v) is 2.76. The summed E-state index contributed by atoms with van der Waals surface area (Å²) in [6.45, 7) is 0.810. The van der Waals surface area contributed by atoms with Gasteiger partial charge in [0.2, 0.25) is 0 Å². The molecule has 0 spiro atoms. The van der Waals surface area contributed by atoms with Crippen LogP contribution in [0.2, 0.25) is 0 Å². The lowest BCUT2D eigenvalue weighted by atomic mass is 10.2. The molecule has 1 fully saturated rings. The van der Waals surface area contributed by atoms with Gasteiger partial charge in [-0.1, -0.05) is 0 Å². The zero-order valence-corrected chi connectivity index (χ0v) is 9.46. The fraction of sp³-hybridized carbons (Fsp3) is 0.545. The molecule has 3 nitrogen and oxygen atoms in total. The Bertz CT molecular complexity index is 413. The maximum atomic E-state index is 12.5. The van der Waals surface area contributed by atoms with Crippen molar-refractivity contribution < 1.29 is 13.2 Å². The van der Waals surface area contributed by atoms with Crippen molar-refractivity contribution in [3.63, 3.8) is 0 Å². The number of hydrogen-bond acceptors (Lipinski definition) is 3. The molecule has 2 N–H and O–H groups in total. The predicted molar refractivity (Wildman–Crippen MR) is 59.8 cm³/mol. The van der Waals surface area contributed by atoms with E-state index in [1.807, 2.05) is 0 Å². The molecule has 1 aromatic rings. The van der Waals surface area contributed by atoms with Crippen molar-refractivity contribution in [2.75, 3.05) is 17.2 Å². The Hall–Kier alpha value is -1.46. The minimum atomic E-state index is -4.22. The first-order valence-corrected chi connectivity index (χ1v) is 5.42. The van der Waals surface area contributed by atoms with Crippen LogP contribution in [0.25, 0.3) is 0 Å². The minimum Gasteiger partial charge on any atom is -0.398 e. The number of nitrogens with two attached hydrogens (primary N) is 1. The number of nitrogens with zero attached hydrogens (tertiary/aromatic N) is 2. The Morgan fingerprint density at radius 1 is 1.47 bits per heavy atom. The third kappa shape index (κ3) is 3.01. The maximum Gasteiger partial charge on any atom is 0.405 e. The van der Waals surface area contributed by atoms with E-state index < -0.39 is 12.7 Å². The van der Waals surface area contributed by atoms with Gasteiger partial charge < -0.3 is 10.6 Å².